The summed E-state index contributed by atoms with van der Waals surface area (Å²) < 4.78 is 5.22. The number of nitrogens with zero attached hydrogens (tertiary/aromatic N) is 1. The molecule has 3 aromatic rings. The van der Waals surface area contributed by atoms with Gasteiger partial charge in [0, 0.05) is 16.3 Å². The number of esters is 1. The molecule has 0 unspecified atom stereocenters. The molecule has 0 aliphatic heterocycles. The number of hydrogen-bond acceptors (Lipinski definition) is 3. The van der Waals surface area contributed by atoms with Gasteiger partial charge < -0.3 is 9.72 Å². The lowest BCUT2D eigenvalue weighted by Crippen LogP contribution is -2.11. The van der Waals surface area contributed by atoms with Crippen LogP contribution in [0.5, 0.6) is 0 Å². The Bertz CT molecular complexity index is 774. The standard InChI is InChI=1S/C16H16N2O2/c1-10(2)9-20-16(19)14-7-12-11-5-3-4-6-13(11)18-15(12)8-17-14/h3-8,10,18H,9H2,1-2H3. The van der Waals surface area contributed by atoms with Gasteiger partial charge in [-0.2, -0.15) is 0 Å². The summed E-state index contributed by atoms with van der Waals surface area (Å²) in [6, 6.07) is 9.77. The van der Waals surface area contributed by atoms with Gasteiger partial charge in [-0.1, -0.05) is 32.0 Å². The fourth-order valence-corrected chi connectivity index (χ4v) is 2.18. The van der Waals surface area contributed by atoms with Crippen LogP contribution in [0.1, 0.15) is 24.3 Å². The van der Waals surface area contributed by atoms with Crippen molar-refractivity contribution in [2.45, 2.75) is 13.8 Å². The lowest BCUT2D eigenvalue weighted by Gasteiger charge is -2.06. The zero-order valence-corrected chi connectivity index (χ0v) is 11.5. The predicted octanol–water partition coefficient (Wildman–Crippen LogP) is 3.53. The van der Waals surface area contributed by atoms with Gasteiger partial charge in [-0.3, -0.25) is 0 Å². The van der Waals surface area contributed by atoms with Crippen molar-refractivity contribution in [3.8, 4) is 0 Å². The van der Waals surface area contributed by atoms with Gasteiger partial charge in [0.2, 0.25) is 0 Å². The third kappa shape index (κ3) is 2.25. The van der Waals surface area contributed by atoms with Crippen molar-refractivity contribution in [2.75, 3.05) is 6.61 Å². The maximum atomic E-state index is 12.0. The Labute approximate surface area is 116 Å². The van der Waals surface area contributed by atoms with Crippen LogP contribution in [0.2, 0.25) is 0 Å². The number of rotatable bonds is 3. The van der Waals surface area contributed by atoms with E-state index in [1.165, 1.54) is 0 Å². The van der Waals surface area contributed by atoms with Crippen LogP contribution in [0, 0.1) is 5.92 Å². The highest BCUT2D eigenvalue weighted by Crippen LogP contribution is 2.25. The van der Waals surface area contributed by atoms with E-state index in [4.69, 9.17) is 4.74 Å². The Hall–Kier alpha value is -2.36. The van der Waals surface area contributed by atoms with E-state index >= 15 is 0 Å². The van der Waals surface area contributed by atoms with Gasteiger partial charge >= 0.3 is 5.97 Å². The van der Waals surface area contributed by atoms with Crippen molar-refractivity contribution in [3.05, 3.63) is 42.2 Å². The summed E-state index contributed by atoms with van der Waals surface area (Å²) in [5, 5.41) is 2.08. The Kier molecular flexibility index (Phi) is 3.14. The van der Waals surface area contributed by atoms with Crippen LogP contribution in [0.25, 0.3) is 21.8 Å². The molecule has 0 amide bonds. The third-order valence-corrected chi connectivity index (χ3v) is 3.15. The summed E-state index contributed by atoms with van der Waals surface area (Å²) in [5.41, 5.74) is 2.31. The summed E-state index contributed by atoms with van der Waals surface area (Å²) in [6.45, 7) is 4.42. The molecule has 1 aromatic carbocycles. The van der Waals surface area contributed by atoms with Gasteiger partial charge in [0.25, 0.3) is 0 Å². The number of aromatic nitrogens is 2. The number of nitrogens with one attached hydrogen (secondary N) is 1. The number of fused-ring (bicyclic) bond motifs is 3. The molecular weight excluding hydrogens is 252 g/mol. The molecule has 3 rings (SSSR count). The molecule has 0 saturated heterocycles. The molecule has 0 radical (unpaired) electrons. The van der Waals surface area contributed by atoms with Crippen LogP contribution in [0.3, 0.4) is 0 Å². The third-order valence-electron chi connectivity index (χ3n) is 3.15. The molecule has 2 heterocycles. The van der Waals surface area contributed by atoms with Crippen molar-refractivity contribution >= 4 is 27.8 Å². The van der Waals surface area contributed by atoms with E-state index < -0.39 is 0 Å². The highest BCUT2D eigenvalue weighted by Gasteiger charge is 2.12. The number of benzene rings is 1. The molecule has 0 bridgehead atoms. The normalized spacial score (nSPS) is 11.3. The maximum absolute atomic E-state index is 12.0. The van der Waals surface area contributed by atoms with E-state index in [9.17, 15) is 4.79 Å². The van der Waals surface area contributed by atoms with Crippen molar-refractivity contribution in [2.24, 2.45) is 5.92 Å². The summed E-state index contributed by atoms with van der Waals surface area (Å²) in [6.07, 6.45) is 1.68. The van der Waals surface area contributed by atoms with E-state index in [-0.39, 0.29) is 5.97 Å². The predicted molar refractivity (Wildman–Crippen MR) is 78.7 cm³/mol. The van der Waals surface area contributed by atoms with Gasteiger partial charge in [-0.25, -0.2) is 9.78 Å². The van der Waals surface area contributed by atoms with Gasteiger partial charge in [-0.15, -0.1) is 0 Å². The first-order valence-corrected chi connectivity index (χ1v) is 6.69. The lowest BCUT2D eigenvalue weighted by molar-refractivity contribution is 0.0452. The van der Waals surface area contributed by atoms with E-state index in [0.717, 1.165) is 21.8 Å². The molecular formula is C16H16N2O2. The first-order chi connectivity index (χ1) is 9.65. The van der Waals surface area contributed by atoms with Crippen LogP contribution >= 0.6 is 0 Å². The van der Waals surface area contributed by atoms with Crippen molar-refractivity contribution in [1.82, 2.24) is 9.97 Å². The molecule has 0 spiro atoms. The first kappa shape index (κ1) is 12.7. The molecule has 1 N–H and O–H groups in total. The minimum atomic E-state index is -0.370. The fraction of sp³-hybridized carbons (Fsp3) is 0.250. The average molecular weight is 268 g/mol. The second kappa shape index (κ2) is 4.96. The van der Waals surface area contributed by atoms with Crippen LogP contribution in [0.15, 0.2) is 36.5 Å². The number of aromatic amines is 1. The molecule has 0 atom stereocenters. The topological polar surface area (TPSA) is 55.0 Å². The van der Waals surface area contributed by atoms with Crippen molar-refractivity contribution in [1.29, 1.82) is 0 Å². The Morgan fingerprint density at radius 1 is 1.25 bits per heavy atom. The Balaban J connectivity index is 2.01. The van der Waals surface area contributed by atoms with Crippen LogP contribution in [-0.2, 0) is 4.74 Å². The number of hydrogen-bond donors (Lipinski definition) is 1. The van der Waals surface area contributed by atoms with E-state index in [2.05, 4.69) is 9.97 Å². The maximum Gasteiger partial charge on any atom is 0.356 e. The Morgan fingerprint density at radius 2 is 2.05 bits per heavy atom. The summed E-state index contributed by atoms with van der Waals surface area (Å²) in [5.74, 6) is -0.0540. The first-order valence-electron chi connectivity index (χ1n) is 6.69. The second-order valence-corrected chi connectivity index (χ2v) is 5.28. The molecule has 0 aliphatic carbocycles. The number of carbonyl (C=O) groups excluding carboxylic acids is 1. The van der Waals surface area contributed by atoms with E-state index in [0.29, 0.717) is 18.2 Å². The SMILES string of the molecule is CC(C)COC(=O)c1cc2c(cn1)[nH]c1ccccc12. The average Bonchev–Trinajstić information content (AvgIpc) is 2.82. The highest BCUT2D eigenvalue weighted by molar-refractivity contribution is 6.08. The highest BCUT2D eigenvalue weighted by atomic mass is 16.5. The molecule has 4 nitrogen and oxygen atoms in total. The molecule has 0 fully saturated rings. The molecule has 0 aliphatic rings. The molecule has 4 heteroatoms. The number of ether oxygens (including phenoxy) is 1. The molecule has 2 aromatic heterocycles. The van der Waals surface area contributed by atoms with E-state index in [1.54, 1.807) is 12.3 Å². The van der Waals surface area contributed by atoms with E-state index in [1.807, 2.05) is 38.1 Å². The van der Waals surface area contributed by atoms with Crippen LogP contribution in [0.4, 0.5) is 0 Å². The smallest absolute Gasteiger partial charge is 0.356 e. The number of H-pyrrole nitrogens is 1. The van der Waals surface area contributed by atoms with Crippen LogP contribution < -0.4 is 0 Å². The van der Waals surface area contributed by atoms with Gasteiger partial charge in [0.05, 0.1) is 18.3 Å². The van der Waals surface area contributed by atoms with Gasteiger partial charge in [0.15, 0.2) is 0 Å². The Morgan fingerprint density at radius 3 is 2.85 bits per heavy atom. The van der Waals surface area contributed by atoms with Crippen LogP contribution in [-0.4, -0.2) is 22.5 Å². The molecule has 20 heavy (non-hydrogen) atoms. The minimum absolute atomic E-state index is 0.316. The molecule has 0 saturated carbocycles. The minimum Gasteiger partial charge on any atom is -0.461 e. The number of carbonyl (C=O) groups is 1. The summed E-state index contributed by atoms with van der Waals surface area (Å²) in [4.78, 5) is 19.4. The second-order valence-electron chi connectivity index (χ2n) is 5.28. The van der Waals surface area contributed by atoms with Gasteiger partial charge in [0.1, 0.15) is 5.69 Å². The monoisotopic (exact) mass is 268 g/mol. The largest absolute Gasteiger partial charge is 0.461 e. The summed E-state index contributed by atoms with van der Waals surface area (Å²) >= 11 is 0. The zero-order chi connectivity index (χ0) is 14.1. The zero-order valence-electron chi connectivity index (χ0n) is 11.5. The van der Waals surface area contributed by atoms with Crippen molar-refractivity contribution in [3.63, 3.8) is 0 Å². The summed E-state index contributed by atoms with van der Waals surface area (Å²) in [7, 11) is 0. The van der Waals surface area contributed by atoms with Gasteiger partial charge in [-0.05, 0) is 18.1 Å². The number of para-hydroxylation sites is 1. The quantitative estimate of drug-likeness (QED) is 0.739. The fourth-order valence-electron chi connectivity index (χ4n) is 2.18. The lowest BCUT2D eigenvalue weighted by atomic mass is 10.1. The van der Waals surface area contributed by atoms with Crippen molar-refractivity contribution < 1.29 is 9.53 Å². The number of pyridine rings is 1. The molecule has 102 valence electrons.